The number of nitrogens with zero attached hydrogens (tertiary/aromatic N) is 1. The molecule has 5 nitrogen and oxygen atoms in total. The largest absolute Gasteiger partial charge is 0.454 e. The molecular formula is C23H18N2O3S. The SMILES string of the molecule is O=C(CSC1c2ccccc2-c2ccccc21)N/N=C/c1ccc2c(c1)OCO2. The van der Waals surface area contributed by atoms with Gasteiger partial charge < -0.3 is 9.47 Å². The van der Waals surface area contributed by atoms with Crippen LogP contribution in [0.1, 0.15) is 21.9 Å². The maximum Gasteiger partial charge on any atom is 0.250 e. The van der Waals surface area contributed by atoms with Crippen LogP contribution in [0.5, 0.6) is 11.5 Å². The Morgan fingerprint density at radius 1 is 1.00 bits per heavy atom. The summed E-state index contributed by atoms with van der Waals surface area (Å²) in [5, 5.41) is 4.22. The van der Waals surface area contributed by atoms with E-state index in [1.807, 2.05) is 30.3 Å². The number of nitrogens with one attached hydrogen (secondary N) is 1. The Kier molecular flexibility index (Phi) is 4.69. The summed E-state index contributed by atoms with van der Waals surface area (Å²) in [6.07, 6.45) is 1.60. The summed E-state index contributed by atoms with van der Waals surface area (Å²) < 4.78 is 10.6. The second-order valence-electron chi connectivity index (χ2n) is 6.77. The Hall–Kier alpha value is -3.25. The lowest BCUT2D eigenvalue weighted by atomic mass is 10.1. The molecule has 6 heteroatoms. The predicted molar refractivity (Wildman–Crippen MR) is 114 cm³/mol. The first-order chi connectivity index (χ1) is 14.3. The van der Waals surface area contributed by atoms with Crippen LogP contribution in [0.25, 0.3) is 11.1 Å². The van der Waals surface area contributed by atoms with Crippen LogP contribution in [0.2, 0.25) is 0 Å². The lowest BCUT2D eigenvalue weighted by Crippen LogP contribution is -2.20. The minimum atomic E-state index is -0.131. The van der Waals surface area contributed by atoms with Crippen molar-refractivity contribution in [2.45, 2.75) is 5.25 Å². The number of hydrazone groups is 1. The molecule has 0 spiro atoms. The van der Waals surface area contributed by atoms with E-state index in [0.29, 0.717) is 11.5 Å². The van der Waals surface area contributed by atoms with Crippen molar-refractivity contribution in [3.05, 3.63) is 83.4 Å². The minimum Gasteiger partial charge on any atom is -0.454 e. The zero-order valence-electron chi connectivity index (χ0n) is 15.5. The summed E-state index contributed by atoms with van der Waals surface area (Å²) in [6.45, 7) is 0.233. The highest BCUT2D eigenvalue weighted by molar-refractivity contribution is 8.00. The normalized spacial score (nSPS) is 14.1. The third-order valence-corrected chi connectivity index (χ3v) is 6.23. The van der Waals surface area contributed by atoms with E-state index in [4.69, 9.17) is 9.47 Å². The molecule has 29 heavy (non-hydrogen) atoms. The van der Waals surface area contributed by atoms with Crippen molar-refractivity contribution >= 4 is 23.9 Å². The summed E-state index contributed by atoms with van der Waals surface area (Å²) in [4.78, 5) is 12.3. The van der Waals surface area contributed by atoms with Crippen molar-refractivity contribution in [3.63, 3.8) is 0 Å². The van der Waals surface area contributed by atoms with E-state index in [1.54, 1.807) is 18.0 Å². The highest BCUT2D eigenvalue weighted by Gasteiger charge is 2.28. The van der Waals surface area contributed by atoms with Gasteiger partial charge in [-0.3, -0.25) is 4.79 Å². The fraction of sp³-hybridized carbons (Fsp3) is 0.130. The number of thioether (sulfide) groups is 1. The molecule has 0 unspecified atom stereocenters. The van der Waals surface area contributed by atoms with Crippen LogP contribution < -0.4 is 14.9 Å². The molecule has 0 saturated carbocycles. The Balaban J connectivity index is 1.22. The molecule has 1 heterocycles. The van der Waals surface area contributed by atoms with Crippen LogP contribution in [-0.4, -0.2) is 24.7 Å². The molecule has 1 aliphatic carbocycles. The fourth-order valence-corrected chi connectivity index (χ4v) is 4.81. The van der Waals surface area contributed by atoms with Crippen LogP contribution >= 0.6 is 11.8 Å². The second-order valence-corrected chi connectivity index (χ2v) is 7.86. The van der Waals surface area contributed by atoms with E-state index in [9.17, 15) is 4.79 Å². The molecule has 0 radical (unpaired) electrons. The Labute approximate surface area is 172 Å². The van der Waals surface area contributed by atoms with Crippen LogP contribution in [0.4, 0.5) is 0 Å². The summed E-state index contributed by atoms with van der Waals surface area (Å²) in [5.41, 5.74) is 8.47. The number of carbonyl (C=O) groups is 1. The first kappa shape index (κ1) is 17.8. The zero-order chi connectivity index (χ0) is 19.6. The second kappa shape index (κ2) is 7.64. The quantitative estimate of drug-likeness (QED) is 0.509. The predicted octanol–water partition coefficient (Wildman–Crippen LogP) is 4.37. The third kappa shape index (κ3) is 3.47. The molecule has 144 valence electrons. The summed E-state index contributed by atoms with van der Waals surface area (Å²) in [6, 6.07) is 22.3. The number of hydrogen-bond acceptors (Lipinski definition) is 5. The van der Waals surface area contributed by atoms with Gasteiger partial charge in [-0.25, -0.2) is 5.43 Å². The first-order valence-corrected chi connectivity index (χ1v) is 10.4. The number of amides is 1. The molecule has 0 fully saturated rings. The molecule has 1 aliphatic heterocycles. The molecular weight excluding hydrogens is 384 g/mol. The van der Waals surface area contributed by atoms with Crippen molar-refractivity contribution in [2.24, 2.45) is 5.10 Å². The van der Waals surface area contributed by atoms with Crippen LogP contribution in [0.15, 0.2) is 71.8 Å². The van der Waals surface area contributed by atoms with Gasteiger partial charge in [0.15, 0.2) is 11.5 Å². The van der Waals surface area contributed by atoms with E-state index in [2.05, 4.69) is 46.9 Å². The molecule has 1 N–H and O–H groups in total. The summed E-state index contributed by atoms with van der Waals surface area (Å²) >= 11 is 1.62. The number of ether oxygens (including phenoxy) is 2. The van der Waals surface area contributed by atoms with Gasteiger partial charge in [0.1, 0.15) is 0 Å². The van der Waals surface area contributed by atoms with E-state index in [-0.39, 0.29) is 18.0 Å². The maximum absolute atomic E-state index is 12.3. The van der Waals surface area contributed by atoms with E-state index in [1.165, 1.54) is 22.3 Å². The first-order valence-electron chi connectivity index (χ1n) is 9.31. The van der Waals surface area contributed by atoms with Crippen LogP contribution in [-0.2, 0) is 4.79 Å². The molecule has 1 amide bonds. The van der Waals surface area contributed by atoms with Gasteiger partial charge in [0.25, 0.3) is 0 Å². The minimum absolute atomic E-state index is 0.131. The van der Waals surface area contributed by atoms with Gasteiger partial charge in [-0.05, 0) is 46.0 Å². The van der Waals surface area contributed by atoms with Crippen molar-refractivity contribution in [3.8, 4) is 22.6 Å². The molecule has 0 aromatic heterocycles. The average Bonchev–Trinajstić information content (AvgIpc) is 3.34. The Morgan fingerprint density at radius 2 is 1.69 bits per heavy atom. The maximum atomic E-state index is 12.3. The molecule has 2 aliphatic rings. The van der Waals surface area contributed by atoms with Gasteiger partial charge in [-0.2, -0.15) is 5.10 Å². The van der Waals surface area contributed by atoms with Crippen molar-refractivity contribution in [2.75, 3.05) is 12.5 Å². The highest BCUT2D eigenvalue weighted by atomic mass is 32.2. The van der Waals surface area contributed by atoms with Crippen LogP contribution in [0, 0.1) is 0 Å². The molecule has 0 saturated heterocycles. The number of rotatable bonds is 5. The number of fused-ring (bicyclic) bond motifs is 4. The molecule has 0 atom stereocenters. The lowest BCUT2D eigenvalue weighted by Gasteiger charge is -2.12. The smallest absolute Gasteiger partial charge is 0.250 e. The standard InChI is InChI=1S/C23H18N2O3S/c26-22(25-24-12-15-9-10-20-21(11-15)28-14-27-20)13-29-23-18-7-3-1-5-16(18)17-6-2-4-8-19(17)23/h1-12,23H,13-14H2,(H,25,26)/b24-12+. The zero-order valence-corrected chi connectivity index (χ0v) is 16.3. The fourth-order valence-electron chi connectivity index (χ4n) is 3.65. The van der Waals surface area contributed by atoms with Gasteiger partial charge in [0.2, 0.25) is 12.7 Å². The highest BCUT2D eigenvalue weighted by Crippen LogP contribution is 2.49. The van der Waals surface area contributed by atoms with Crippen molar-refractivity contribution in [1.29, 1.82) is 0 Å². The van der Waals surface area contributed by atoms with Gasteiger partial charge in [0.05, 0.1) is 17.2 Å². The molecule has 5 rings (SSSR count). The number of hydrogen-bond donors (Lipinski definition) is 1. The third-order valence-electron chi connectivity index (χ3n) is 4.96. The molecule has 0 bridgehead atoms. The van der Waals surface area contributed by atoms with E-state index in [0.717, 1.165) is 11.3 Å². The number of carbonyl (C=O) groups excluding carboxylic acids is 1. The topological polar surface area (TPSA) is 59.9 Å². The average molecular weight is 402 g/mol. The Morgan fingerprint density at radius 3 is 2.45 bits per heavy atom. The monoisotopic (exact) mass is 402 g/mol. The van der Waals surface area contributed by atoms with E-state index < -0.39 is 0 Å². The van der Waals surface area contributed by atoms with E-state index >= 15 is 0 Å². The van der Waals surface area contributed by atoms with Crippen molar-refractivity contribution < 1.29 is 14.3 Å². The molecule has 3 aromatic carbocycles. The Bertz CT molecular complexity index is 1070. The van der Waals surface area contributed by atoms with Crippen LogP contribution in [0.3, 0.4) is 0 Å². The lowest BCUT2D eigenvalue weighted by molar-refractivity contribution is -0.118. The van der Waals surface area contributed by atoms with Gasteiger partial charge in [-0.15, -0.1) is 11.8 Å². The molecule has 3 aromatic rings. The summed E-state index contributed by atoms with van der Waals surface area (Å²) in [5.74, 6) is 1.61. The van der Waals surface area contributed by atoms with Gasteiger partial charge in [0, 0.05) is 0 Å². The summed E-state index contributed by atoms with van der Waals surface area (Å²) in [7, 11) is 0. The van der Waals surface area contributed by atoms with Crippen molar-refractivity contribution in [1.82, 2.24) is 5.43 Å². The van der Waals surface area contributed by atoms with Gasteiger partial charge in [-0.1, -0.05) is 48.5 Å². The van der Waals surface area contributed by atoms with Gasteiger partial charge >= 0.3 is 0 Å². The number of benzene rings is 3.